The molecule has 71 valence electrons. The van der Waals surface area contributed by atoms with Crippen molar-refractivity contribution in [3.63, 3.8) is 0 Å². The Hall–Kier alpha value is -1.05. The maximum Gasteiger partial charge on any atom is 0.338 e. The number of hydrogen-bond acceptors (Lipinski definition) is 2. The van der Waals surface area contributed by atoms with Crippen LogP contribution in [0.4, 0.5) is 0 Å². The molecular weight excluding hydrogens is 164 g/mol. The fourth-order valence-corrected chi connectivity index (χ4v) is 1.00. The van der Waals surface area contributed by atoms with Crippen molar-refractivity contribution in [2.45, 2.75) is 32.8 Å². The third kappa shape index (κ3) is 3.45. The lowest BCUT2D eigenvalue weighted by atomic mass is 10.1. The zero-order chi connectivity index (χ0) is 9.90. The largest absolute Gasteiger partial charge is 0.456 e. The predicted molar refractivity (Wildman–Crippen MR) is 52.0 cm³/mol. The Bertz CT molecular complexity index is 254. The normalized spacial score (nSPS) is 16.7. The van der Waals surface area contributed by atoms with Crippen molar-refractivity contribution in [3.05, 3.63) is 30.2 Å². The van der Waals surface area contributed by atoms with Gasteiger partial charge < -0.3 is 4.74 Å². The monoisotopic (exact) mass is 179 g/mol. The highest BCUT2D eigenvalue weighted by atomic mass is 16.6. The zero-order valence-electron chi connectivity index (χ0n) is 8.33. The van der Waals surface area contributed by atoms with Crippen molar-refractivity contribution in [2.24, 2.45) is 0 Å². The van der Waals surface area contributed by atoms with Crippen molar-refractivity contribution in [1.29, 1.82) is 0 Å². The van der Waals surface area contributed by atoms with Gasteiger partial charge in [0, 0.05) is 0 Å². The van der Waals surface area contributed by atoms with E-state index in [4.69, 9.17) is 4.74 Å². The van der Waals surface area contributed by atoms with Crippen LogP contribution in [0.25, 0.3) is 0 Å². The van der Waals surface area contributed by atoms with E-state index in [9.17, 15) is 4.79 Å². The lowest BCUT2D eigenvalue weighted by Gasteiger charge is -2.20. The van der Waals surface area contributed by atoms with Crippen LogP contribution in [0.15, 0.2) is 23.8 Å². The molecule has 0 aromatic carbocycles. The molecular formula is C11H15O2. The Balaban J connectivity index is 2.58. The van der Waals surface area contributed by atoms with Gasteiger partial charge in [-0.1, -0.05) is 18.2 Å². The first-order valence-electron chi connectivity index (χ1n) is 4.42. The van der Waals surface area contributed by atoms with Gasteiger partial charge in [-0.25, -0.2) is 4.79 Å². The third-order valence-corrected chi connectivity index (χ3v) is 1.52. The van der Waals surface area contributed by atoms with E-state index in [0.717, 1.165) is 6.42 Å². The zero-order valence-corrected chi connectivity index (χ0v) is 8.33. The molecule has 0 aromatic heterocycles. The van der Waals surface area contributed by atoms with Crippen LogP contribution < -0.4 is 0 Å². The quantitative estimate of drug-likeness (QED) is 0.578. The number of esters is 1. The molecule has 0 spiro atoms. The van der Waals surface area contributed by atoms with E-state index in [1.165, 1.54) is 0 Å². The van der Waals surface area contributed by atoms with Gasteiger partial charge in [-0.2, -0.15) is 0 Å². The molecule has 0 bridgehead atoms. The maximum atomic E-state index is 11.5. The Morgan fingerprint density at radius 2 is 2.15 bits per heavy atom. The van der Waals surface area contributed by atoms with E-state index < -0.39 is 5.60 Å². The molecule has 1 aliphatic rings. The summed E-state index contributed by atoms with van der Waals surface area (Å²) < 4.78 is 5.20. The van der Waals surface area contributed by atoms with E-state index >= 15 is 0 Å². The van der Waals surface area contributed by atoms with E-state index in [1.54, 1.807) is 6.08 Å². The number of rotatable bonds is 1. The van der Waals surface area contributed by atoms with Crippen LogP contribution >= 0.6 is 0 Å². The molecule has 13 heavy (non-hydrogen) atoms. The summed E-state index contributed by atoms with van der Waals surface area (Å²) in [7, 11) is 0. The first-order chi connectivity index (χ1) is 5.99. The molecule has 1 aliphatic carbocycles. The first kappa shape index (κ1) is 10.0. The molecule has 0 aromatic rings. The number of hydrogen-bond donors (Lipinski definition) is 0. The molecule has 0 fully saturated rings. The van der Waals surface area contributed by atoms with E-state index in [1.807, 2.05) is 39.3 Å². The summed E-state index contributed by atoms with van der Waals surface area (Å²) in [5.74, 6) is -0.239. The molecule has 0 saturated carbocycles. The van der Waals surface area contributed by atoms with Gasteiger partial charge in [-0.15, -0.1) is 0 Å². The van der Waals surface area contributed by atoms with Crippen LogP contribution in [0.3, 0.4) is 0 Å². The van der Waals surface area contributed by atoms with Crippen molar-refractivity contribution >= 4 is 5.97 Å². The van der Waals surface area contributed by atoms with Crippen molar-refractivity contribution in [2.75, 3.05) is 0 Å². The second-order valence-electron chi connectivity index (χ2n) is 3.99. The lowest BCUT2D eigenvalue weighted by molar-refractivity contribution is -0.149. The van der Waals surface area contributed by atoms with Crippen LogP contribution in [0.1, 0.15) is 27.2 Å². The molecule has 2 heteroatoms. The van der Waals surface area contributed by atoms with Gasteiger partial charge in [0.05, 0.1) is 5.57 Å². The van der Waals surface area contributed by atoms with Crippen molar-refractivity contribution in [3.8, 4) is 0 Å². The van der Waals surface area contributed by atoms with Crippen LogP contribution in [0.2, 0.25) is 0 Å². The molecule has 0 saturated heterocycles. The van der Waals surface area contributed by atoms with Crippen LogP contribution in [-0.2, 0) is 9.53 Å². The molecule has 0 N–H and O–H groups in total. The molecule has 0 atom stereocenters. The smallest absolute Gasteiger partial charge is 0.338 e. The number of allylic oxidation sites excluding steroid dienone is 2. The Kier molecular flexibility index (Phi) is 2.91. The molecule has 0 heterocycles. The van der Waals surface area contributed by atoms with E-state index in [-0.39, 0.29) is 5.97 Å². The Morgan fingerprint density at radius 1 is 1.46 bits per heavy atom. The standard InChI is InChI=1S/C11H15O2/c1-11(2,3)13-10(12)9-7-5-4-6-8-9/h4-5,7-8H,6H2,1-3H3. The van der Waals surface area contributed by atoms with Gasteiger partial charge in [-0.3, -0.25) is 0 Å². The van der Waals surface area contributed by atoms with Crippen LogP contribution in [0.5, 0.6) is 0 Å². The summed E-state index contributed by atoms with van der Waals surface area (Å²) in [5.41, 5.74) is 0.241. The number of carbonyl (C=O) groups is 1. The van der Waals surface area contributed by atoms with Gasteiger partial charge in [0.15, 0.2) is 0 Å². The molecule has 0 unspecified atom stereocenters. The highest BCUT2D eigenvalue weighted by molar-refractivity contribution is 5.92. The minimum absolute atomic E-state index is 0.239. The molecule has 2 nitrogen and oxygen atoms in total. The second kappa shape index (κ2) is 3.77. The van der Waals surface area contributed by atoms with E-state index in [0.29, 0.717) is 5.57 Å². The van der Waals surface area contributed by atoms with Crippen molar-refractivity contribution in [1.82, 2.24) is 0 Å². The topological polar surface area (TPSA) is 26.3 Å². The van der Waals surface area contributed by atoms with Gasteiger partial charge in [0.2, 0.25) is 0 Å². The van der Waals surface area contributed by atoms with Gasteiger partial charge in [-0.05, 0) is 33.6 Å². The molecule has 1 rings (SSSR count). The fraction of sp³-hybridized carbons (Fsp3) is 0.455. The van der Waals surface area contributed by atoms with Crippen LogP contribution in [0, 0.1) is 6.42 Å². The molecule has 1 radical (unpaired) electrons. The highest BCUT2D eigenvalue weighted by Crippen LogP contribution is 2.15. The average Bonchev–Trinajstić information content (AvgIpc) is 2.03. The molecule has 0 aliphatic heterocycles. The number of carbonyl (C=O) groups excluding carboxylic acids is 1. The minimum Gasteiger partial charge on any atom is -0.456 e. The Labute approximate surface area is 79.3 Å². The van der Waals surface area contributed by atoms with E-state index in [2.05, 4.69) is 0 Å². The summed E-state index contributed by atoms with van der Waals surface area (Å²) >= 11 is 0. The predicted octanol–water partition coefficient (Wildman–Crippen LogP) is 2.42. The molecule has 0 amide bonds. The first-order valence-corrected chi connectivity index (χ1v) is 4.42. The Morgan fingerprint density at radius 3 is 2.62 bits per heavy atom. The maximum absolute atomic E-state index is 11.5. The summed E-state index contributed by atoms with van der Waals surface area (Å²) in [6.07, 6.45) is 8.32. The highest BCUT2D eigenvalue weighted by Gasteiger charge is 2.18. The second-order valence-corrected chi connectivity index (χ2v) is 3.99. The SMILES string of the molecule is CC(C)(C)OC(=O)C1=CC[CH]C=C1. The van der Waals surface area contributed by atoms with Gasteiger partial charge in [0.25, 0.3) is 0 Å². The summed E-state index contributed by atoms with van der Waals surface area (Å²) in [6, 6.07) is 0. The van der Waals surface area contributed by atoms with Crippen molar-refractivity contribution < 1.29 is 9.53 Å². The average molecular weight is 179 g/mol. The fourth-order valence-electron chi connectivity index (χ4n) is 1.00. The minimum atomic E-state index is -0.410. The third-order valence-electron chi connectivity index (χ3n) is 1.52. The summed E-state index contributed by atoms with van der Waals surface area (Å²) in [4.78, 5) is 11.5. The van der Waals surface area contributed by atoms with Gasteiger partial charge in [0.1, 0.15) is 5.60 Å². The number of ether oxygens (including phenoxy) is 1. The lowest BCUT2D eigenvalue weighted by Crippen LogP contribution is -2.24. The van der Waals surface area contributed by atoms with Crippen LogP contribution in [-0.4, -0.2) is 11.6 Å². The summed E-state index contributed by atoms with van der Waals surface area (Å²) in [5, 5.41) is 0. The van der Waals surface area contributed by atoms with Gasteiger partial charge >= 0.3 is 5.97 Å². The summed E-state index contributed by atoms with van der Waals surface area (Å²) in [6.45, 7) is 5.60.